The summed E-state index contributed by atoms with van der Waals surface area (Å²) >= 11 is 1.72. The van der Waals surface area contributed by atoms with Crippen molar-refractivity contribution in [1.82, 2.24) is 24.9 Å². The average Bonchev–Trinajstić information content (AvgIpc) is 3.22. The molecule has 1 amide bonds. The van der Waals surface area contributed by atoms with Crippen LogP contribution in [-0.2, 0) is 0 Å². The molecule has 0 radical (unpaired) electrons. The number of aryl methyl sites for hydroxylation is 2. The number of aromatic nitrogens is 4. The maximum Gasteiger partial charge on any atom is 0.276 e. The number of thiazole rings is 1. The highest BCUT2D eigenvalue weighted by Crippen LogP contribution is 2.26. The van der Waals surface area contributed by atoms with Crippen LogP contribution in [0.1, 0.15) is 27.5 Å². The van der Waals surface area contributed by atoms with E-state index in [1.807, 2.05) is 42.2 Å². The van der Waals surface area contributed by atoms with Crippen LogP contribution in [0.25, 0.3) is 5.69 Å². The molecule has 0 N–H and O–H groups in total. The Balaban J connectivity index is 1.45. The summed E-state index contributed by atoms with van der Waals surface area (Å²) in [5, 5.41) is 9.24. The monoisotopic (exact) mass is 382 g/mol. The van der Waals surface area contributed by atoms with Gasteiger partial charge in [-0.1, -0.05) is 23.4 Å². The van der Waals surface area contributed by atoms with Gasteiger partial charge in [-0.15, -0.1) is 16.4 Å². The van der Waals surface area contributed by atoms with E-state index < -0.39 is 0 Å². The van der Waals surface area contributed by atoms with E-state index in [4.69, 9.17) is 0 Å². The lowest BCUT2D eigenvalue weighted by Gasteiger charge is -2.20. The molecule has 1 aliphatic rings. The largest absolute Gasteiger partial charge is 0.346 e. The molecular weight excluding hydrogens is 360 g/mol. The molecule has 8 heteroatoms. The number of para-hydroxylation sites is 1. The van der Waals surface area contributed by atoms with Crippen LogP contribution in [0, 0.1) is 13.8 Å². The van der Waals surface area contributed by atoms with Crippen LogP contribution >= 0.6 is 11.3 Å². The number of carbonyl (C=O) groups excluding carboxylic acids is 1. The first-order chi connectivity index (χ1) is 13.1. The number of hydrogen-bond donors (Lipinski definition) is 0. The van der Waals surface area contributed by atoms with Gasteiger partial charge in [0.05, 0.1) is 17.6 Å². The molecule has 1 aliphatic heterocycles. The molecule has 0 unspecified atom stereocenters. The van der Waals surface area contributed by atoms with E-state index in [0.717, 1.165) is 42.6 Å². The van der Waals surface area contributed by atoms with Gasteiger partial charge in [0.15, 0.2) is 10.8 Å². The van der Waals surface area contributed by atoms with Crippen molar-refractivity contribution < 1.29 is 4.79 Å². The molecule has 4 rings (SSSR count). The fourth-order valence-electron chi connectivity index (χ4n) is 3.13. The summed E-state index contributed by atoms with van der Waals surface area (Å²) < 4.78 is 1.64. The van der Waals surface area contributed by atoms with Gasteiger partial charge in [-0.25, -0.2) is 9.67 Å². The predicted molar refractivity (Wildman–Crippen MR) is 106 cm³/mol. The molecule has 0 atom stereocenters. The van der Waals surface area contributed by atoms with Gasteiger partial charge in [0.2, 0.25) is 0 Å². The Morgan fingerprint density at radius 1 is 1.07 bits per heavy atom. The van der Waals surface area contributed by atoms with Gasteiger partial charge in [0.1, 0.15) is 0 Å². The number of carbonyl (C=O) groups is 1. The summed E-state index contributed by atoms with van der Waals surface area (Å²) in [5.74, 6) is -0.0643. The van der Waals surface area contributed by atoms with E-state index in [2.05, 4.69) is 27.1 Å². The molecule has 0 aliphatic carbocycles. The van der Waals surface area contributed by atoms with Crippen LogP contribution in [-0.4, -0.2) is 57.0 Å². The Labute approximate surface area is 162 Å². The quantitative estimate of drug-likeness (QED) is 0.697. The van der Waals surface area contributed by atoms with Crippen molar-refractivity contribution >= 4 is 22.4 Å². The van der Waals surface area contributed by atoms with E-state index in [9.17, 15) is 4.79 Å². The molecule has 0 spiro atoms. The maximum atomic E-state index is 12.9. The standard InChI is InChI=1S/C19H22N6OS/c1-14-15(2)27-19(20-14)24-10-6-9-23(11-12-24)18(26)17-13-25(22-21-17)16-7-4-3-5-8-16/h3-5,7-8,13H,6,9-12H2,1-2H3. The van der Waals surface area contributed by atoms with Crippen LogP contribution in [0.2, 0.25) is 0 Å². The third-order valence-corrected chi connectivity index (χ3v) is 5.94. The van der Waals surface area contributed by atoms with E-state index in [1.54, 1.807) is 22.2 Å². The lowest BCUT2D eigenvalue weighted by Crippen LogP contribution is -2.35. The van der Waals surface area contributed by atoms with E-state index >= 15 is 0 Å². The zero-order valence-electron chi connectivity index (χ0n) is 15.5. The second-order valence-corrected chi connectivity index (χ2v) is 7.84. The van der Waals surface area contributed by atoms with Crippen molar-refractivity contribution in [1.29, 1.82) is 0 Å². The summed E-state index contributed by atoms with van der Waals surface area (Å²) in [6.45, 7) is 7.21. The highest BCUT2D eigenvalue weighted by molar-refractivity contribution is 7.15. The SMILES string of the molecule is Cc1nc(N2CCCN(C(=O)c3cn(-c4ccccc4)nn3)CC2)sc1C. The third kappa shape index (κ3) is 3.71. The smallest absolute Gasteiger partial charge is 0.276 e. The van der Waals surface area contributed by atoms with Crippen molar-refractivity contribution in [2.24, 2.45) is 0 Å². The molecule has 0 bridgehead atoms. The molecule has 3 aromatic rings. The summed E-state index contributed by atoms with van der Waals surface area (Å²) in [4.78, 5) is 22.9. The van der Waals surface area contributed by atoms with Crippen LogP contribution in [0.15, 0.2) is 36.5 Å². The van der Waals surface area contributed by atoms with Crippen LogP contribution in [0.4, 0.5) is 5.13 Å². The van der Waals surface area contributed by atoms with Gasteiger partial charge in [0, 0.05) is 31.1 Å². The molecule has 140 valence electrons. The lowest BCUT2D eigenvalue weighted by molar-refractivity contribution is 0.0761. The number of amides is 1. The van der Waals surface area contributed by atoms with Crippen molar-refractivity contribution in [2.75, 3.05) is 31.1 Å². The number of nitrogens with zero attached hydrogens (tertiary/aromatic N) is 6. The fourth-order valence-corrected chi connectivity index (χ4v) is 4.10. The van der Waals surface area contributed by atoms with Gasteiger partial charge >= 0.3 is 0 Å². The first kappa shape index (κ1) is 17.7. The zero-order valence-corrected chi connectivity index (χ0v) is 16.3. The molecule has 2 aromatic heterocycles. The molecule has 0 saturated carbocycles. The number of rotatable bonds is 3. The Hall–Kier alpha value is -2.74. The summed E-state index contributed by atoms with van der Waals surface area (Å²) in [6.07, 6.45) is 2.62. The number of hydrogen-bond acceptors (Lipinski definition) is 6. The Morgan fingerprint density at radius 2 is 1.89 bits per heavy atom. The van der Waals surface area contributed by atoms with E-state index in [-0.39, 0.29) is 5.91 Å². The topological polar surface area (TPSA) is 67.2 Å². The normalized spacial score (nSPS) is 15.0. The minimum atomic E-state index is -0.0643. The molecule has 27 heavy (non-hydrogen) atoms. The molecule has 3 heterocycles. The summed E-state index contributed by atoms with van der Waals surface area (Å²) in [6, 6.07) is 9.68. The lowest BCUT2D eigenvalue weighted by atomic mass is 10.3. The first-order valence-corrected chi connectivity index (χ1v) is 9.89. The predicted octanol–water partition coefficient (Wildman–Crippen LogP) is 2.69. The van der Waals surface area contributed by atoms with Gasteiger partial charge in [-0.05, 0) is 32.4 Å². The van der Waals surface area contributed by atoms with Crippen molar-refractivity contribution in [3.63, 3.8) is 0 Å². The summed E-state index contributed by atoms with van der Waals surface area (Å²) in [5.41, 5.74) is 2.36. The van der Waals surface area contributed by atoms with Crippen molar-refractivity contribution in [2.45, 2.75) is 20.3 Å². The van der Waals surface area contributed by atoms with Gasteiger partial charge in [0.25, 0.3) is 5.91 Å². The van der Waals surface area contributed by atoms with Crippen LogP contribution < -0.4 is 4.90 Å². The first-order valence-electron chi connectivity index (χ1n) is 9.08. The van der Waals surface area contributed by atoms with Crippen LogP contribution in [0.3, 0.4) is 0 Å². The Bertz CT molecular complexity index is 915. The average molecular weight is 382 g/mol. The number of anilines is 1. The minimum Gasteiger partial charge on any atom is -0.346 e. The highest BCUT2D eigenvalue weighted by Gasteiger charge is 2.24. The van der Waals surface area contributed by atoms with Crippen molar-refractivity contribution in [3.05, 3.63) is 52.8 Å². The van der Waals surface area contributed by atoms with Crippen molar-refractivity contribution in [3.8, 4) is 5.69 Å². The number of benzene rings is 1. The van der Waals surface area contributed by atoms with E-state index in [0.29, 0.717) is 12.2 Å². The zero-order chi connectivity index (χ0) is 18.8. The molecule has 1 saturated heterocycles. The molecule has 1 fully saturated rings. The highest BCUT2D eigenvalue weighted by atomic mass is 32.1. The Morgan fingerprint density at radius 3 is 2.63 bits per heavy atom. The molecular formula is C19H22N6OS. The minimum absolute atomic E-state index is 0.0643. The van der Waals surface area contributed by atoms with Crippen LogP contribution in [0.5, 0.6) is 0 Å². The Kier molecular flexibility index (Phi) is 4.89. The molecule has 7 nitrogen and oxygen atoms in total. The maximum absolute atomic E-state index is 12.9. The van der Waals surface area contributed by atoms with E-state index in [1.165, 1.54) is 4.88 Å². The van der Waals surface area contributed by atoms with Gasteiger partial charge in [-0.2, -0.15) is 0 Å². The fraction of sp³-hybridized carbons (Fsp3) is 0.368. The second kappa shape index (κ2) is 7.48. The molecule has 1 aromatic carbocycles. The van der Waals surface area contributed by atoms with Gasteiger partial charge < -0.3 is 9.80 Å². The summed E-state index contributed by atoms with van der Waals surface area (Å²) in [7, 11) is 0. The third-order valence-electron chi connectivity index (χ3n) is 4.80. The van der Waals surface area contributed by atoms with Gasteiger partial charge in [-0.3, -0.25) is 4.79 Å². The second-order valence-electron chi connectivity index (χ2n) is 6.65.